The Morgan fingerprint density at radius 2 is 1.64 bits per heavy atom. The lowest BCUT2D eigenvalue weighted by molar-refractivity contribution is 0.688. The second-order valence-electron chi connectivity index (χ2n) is 5.02. The summed E-state index contributed by atoms with van der Waals surface area (Å²) in [5.41, 5.74) is 2.17. The van der Waals surface area contributed by atoms with Crippen molar-refractivity contribution in [3.05, 3.63) is 87.7 Å². The van der Waals surface area contributed by atoms with E-state index in [-0.39, 0.29) is 0 Å². The average molecular weight is 371 g/mol. The molecule has 3 aromatic rings. The van der Waals surface area contributed by atoms with Gasteiger partial charge in [0.1, 0.15) is 0 Å². The molecule has 0 aliphatic rings. The third-order valence-electron chi connectivity index (χ3n) is 3.46. The summed E-state index contributed by atoms with van der Waals surface area (Å²) in [5.74, 6) is 0.536. The Balaban J connectivity index is 1.77. The Morgan fingerprint density at radius 1 is 0.909 bits per heavy atom. The minimum atomic E-state index is -1.03. The Labute approximate surface area is 141 Å². The number of hydrogen-bond donors (Lipinski definition) is 0. The van der Waals surface area contributed by atoms with Gasteiger partial charge >= 0.3 is 0 Å². The molecule has 0 heterocycles. The topological polar surface area (TPSA) is 17.1 Å². The maximum absolute atomic E-state index is 12.3. The van der Waals surface area contributed by atoms with Crippen LogP contribution in [0.3, 0.4) is 0 Å². The second kappa shape index (κ2) is 7.03. The van der Waals surface area contributed by atoms with Crippen molar-refractivity contribution < 1.29 is 4.21 Å². The van der Waals surface area contributed by atoms with Crippen molar-refractivity contribution >= 4 is 43.6 Å². The summed E-state index contributed by atoms with van der Waals surface area (Å²) in [7, 11) is -1.03. The van der Waals surface area contributed by atoms with Gasteiger partial charge in [-0.3, -0.25) is 4.21 Å². The van der Waals surface area contributed by atoms with Crippen LogP contribution in [0.15, 0.2) is 76.6 Å². The van der Waals surface area contributed by atoms with Crippen molar-refractivity contribution in [1.29, 1.82) is 0 Å². The van der Waals surface area contributed by atoms with E-state index in [2.05, 4.69) is 34.1 Å². The molecule has 0 spiro atoms. The second-order valence-corrected chi connectivity index (χ2v) is 7.26. The molecular weight excluding hydrogens is 356 g/mol. The molecule has 1 unspecified atom stereocenters. The van der Waals surface area contributed by atoms with Crippen molar-refractivity contribution in [2.24, 2.45) is 0 Å². The Morgan fingerprint density at radius 3 is 2.45 bits per heavy atom. The van der Waals surface area contributed by atoms with Crippen LogP contribution < -0.4 is 0 Å². The van der Waals surface area contributed by atoms with Gasteiger partial charge in [0.15, 0.2) is 0 Å². The van der Waals surface area contributed by atoms with Crippen LogP contribution in [0.4, 0.5) is 0 Å². The van der Waals surface area contributed by atoms with Gasteiger partial charge < -0.3 is 0 Å². The molecule has 0 bridgehead atoms. The van der Waals surface area contributed by atoms with Gasteiger partial charge in [0.2, 0.25) is 0 Å². The fraction of sp³-hybridized carbons (Fsp3) is 0.0526. The van der Waals surface area contributed by atoms with E-state index in [9.17, 15) is 4.21 Å². The normalized spacial score (nSPS) is 12.8. The van der Waals surface area contributed by atoms with E-state index in [1.54, 1.807) is 5.41 Å². The highest BCUT2D eigenvalue weighted by atomic mass is 79.9. The summed E-state index contributed by atoms with van der Waals surface area (Å²) in [6.45, 7) is 0. The van der Waals surface area contributed by atoms with Crippen molar-refractivity contribution in [3.8, 4) is 0 Å². The van der Waals surface area contributed by atoms with Crippen molar-refractivity contribution in [3.63, 3.8) is 0 Å². The number of rotatable bonds is 4. The molecule has 0 amide bonds. The van der Waals surface area contributed by atoms with Gasteiger partial charge in [-0.15, -0.1) is 0 Å². The Bertz CT molecular complexity index is 832. The average Bonchev–Trinajstić information content (AvgIpc) is 2.55. The lowest BCUT2D eigenvalue weighted by Crippen LogP contribution is -1.92. The highest BCUT2D eigenvalue weighted by molar-refractivity contribution is 9.10. The van der Waals surface area contributed by atoms with Gasteiger partial charge in [0, 0.05) is 9.88 Å². The molecule has 0 N–H and O–H groups in total. The first kappa shape index (κ1) is 15.2. The lowest BCUT2D eigenvalue weighted by atomic mass is 10.1. The van der Waals surface area contributed by atoms with E-state index in [4.69, 9.17) is 0 Å². The van der Waals surface area contributed by atoms with E-state index >= 15 is 0 Å². The predicted octanol–water partition coefficient (Wildman–Crippen LogP) is 5.52. The van der Waals surface area contributed by atoms with Gasteiger partial charge in [-0.25, -0.2) is 0 Å². The fourth-order valence-corrected chi connectivity index (χ4v) is 3.58. The molecule has 0 saturated heterocycles. The zero-order valence-electron chi connectivity index (χ0n) is 11.9. The maximum atomic E-state index is 12.3. The molecule has 0 radical (unpaired) electrons. The van der Waals surface area contributed by atoms with E-state index in [0.29, 0.717) is 5.75 Å². The van der Waals surface area contributed by atoms with Gasteiger partial charge in [-0.2, -0.15) is 0 Å². The van der Waals surface area contributed by atoms with Gasteiger partial charge in [-0.05, 0) is 40.1 Å². The number of benzene rings is 3. The standard InChI is InChI=1S/C19H15BrOS/c20-18-10-8-15(9-11-18)12-13-22(21)14-17-6-3-5-16-4-1-2-7-19(16)17/h1-13H,14H2/b13-12+. The summed E-state index contributed by atoms with van der Waals surface area (Å²) < 4.78 is 13.4. The van der Waals surface area contributed by atoms with E-state index in [1.165, 1.54) is 10.8 Å². The van der Waals surface area contributed by atoms with Crippen LogP contribution in [0.25, 0.3) is 16.8 Å². The zero-order valence-corrected chi connectivity index (χ0v) is 14.3. The summed E-state index contributed by atoms with van der Waals surface area (Å²) in [6.07, 6.45) is 1.91. The van der Waals surface area contributed by atoms with Crippen molar-refractivity contribution in [1.82, 2.24) is 0 Å². The molecule has 110 valence electrons. The Kier molecular flexibility index (Phi) is 4.86. The minimum Gasteiger partial charge on any atom is -0.255 e. The van der Waals surface area contributed by atoms with Crippen LogP contribution in [-0.4, -0.2) is 4.21 Å². The minimum absolute atomic E-state index is 0.536. The molecule has 0 aliphatic heterocycles. The largest absolute Gasteiger partial charge is 0.255 e. The summed E-state index contributed by atoms with van der Waals surface area (Å²) >= 11 is 3.41. The summed E-state index contributed by atoms with van der Waals surface area (Å²) in [4.78, 5) is 0. The molecule has 22 heavy (non-hydrogen) atoms. The van der Waals surface area contributed by atoms with E-state index in [1.807, 2.05) is 54.6 Å². The first-order chi connectivity index (χ1) is 10.7. The number of hydrogen-bond acceptors (Lipinski definition) is 1. The lowest BCUT2D eigenvalue weighted by Gasteiger charge is -2.04. The fourth-order valence-electron chi connectivity index (χ4n) is 2.35. The molecule has 0 aromatic heterocycles. The molecule has 0 fully saturated rings. The highest BCUT2D eigenvalue weighted by Gasteiger charge is 2.03. The number of halogens is 1. The monoisotopic (exact) mass is 370 g/mol. The van der Waals surface area contributed by atoms with Crippen LogP contribution in [0.2, 0.25) is 0 Å². The molecule has 3 rings (SSSR count). The maximum Gasteiger partial charge on any atom is 0.0532 e. The van der Waals surface area contributed by atoms with Crippen LogP contribution in [-0.2, 0) is 16.6 Å². The Hall–Kier alpha value is -1.71. The van der Waals surface area contributed by atoms with Crippen LogP contribution in [0.1, 0.15) is 11.1 Å². The molecule has 1 atom stereocenters. The van der Waals surface area contributed by atoms with Gasteiger partial charge in [0.25, 0.3) is 0 Å². The van der Waals surface area contributed by atoms with Crippen molar-refractivity contribution in [2.45, 2.75) is 5.75 Å². The van der Waals surface area contributed by atoms with Gasteiger partial charge in [-0.1, -0.05) is 70.5 Å². The van der Waals surface area contributed by atoms with Crippen molar-refractivity contribution in [2.75, 3.05) is 0 Å². The zero-order chi connectivity index (χ0) is 15.4. The summed E-state index contributed by atoms with van der Waals surface area (Å²) in [5, 5.41) is 4.13. The molecule has 0 aliphatic carbocycles. The SMILES string of the molecule is O=S(/C=C/c1ccc(Br)cc1)Cc1cccc2ccccc12. The number of fused-ring (bicyclic) bond motifs is 1. The van der Waals surface area contributed by atoms with Gasteiger partial charge in [0.05, 0.1) is 16.6 Å². The third kappa shape index (κ3) is 3.73. The third-order valence-corrected chi connectivity index (χ3v) is 5.02. The van der Waals surface area contributed by atoms with Crippen LogP contribution >= 0.6 is 15.9 Å². The highest BCUT2D eigenvalue weighted by Crippen LogP contribution is 2.20. The molecule has 3 heteroatoms. The molecule has 0 saturated carbocycles. The summed E-state index contributed by atoms with van der Waals surface area (Å²) in [6, 6.07) is 22.3. The van der Waals surface area contributed by atoms with Crippen LogP contribution in [0, 0.1) is 0 Å². The first-order valence-corrected chi connectivity index (χ1v) is 9.17. The van der Waals surface area contributed by atoms with E-state index < -0.39 is 10.8 Å². The first-order valence-electron chi connectivity index (χ1n) is 7.00. The van der Waals surface area contributed by atoms with E-state index in [0.717, 1.165) is 15.6 Å². The smallest absolute Gasteiger partial charge is 0.0532 e. The molecular formula is C19H15BrOS. The quantitative estimate of drug-likeness (QED) is 0.590. The molecule has 3 aromatic carbocycles. The molecule has 1 nitrogen and oxygen atoms in total. The van der Waals surface area contributed by atoms with Crippen LogP contribution in [0.5, 0.6) is 0 Å². The predicted molar refractivity (Wildman–Crippen MR) is 99.0 cm³/mol.